The molecule has 0 fully saturated rings. The van der Waals surface area contributed by atoms with Crippen LogP contribution in [0.15, 0.2) is 17.0 Å². The first-order chi connectivity index (χ1) is 9.81. The van der Waals surface area contributed by atoms with Crippen molar-refractivity contribution in [2.24, 2.45) is 0 Å². The Hall–Kier alpha value is -1.34. The normalized spacial score (nSPS) is 18.0. The van der Waals surface area contributed by atoms with Crippen molar-refractivity contribution in [3.05, 3.63) is 17.9 Å². The highest BCUT2D eigenvalue weighted by atomic mass is 32.2. The number of fused-ring (bicyclic) bond motifs is 1. The van der Waals surface area contributed by atoms with E-state index in [1.807, 2.05) is 7.05 Å². The van der Waals surface area contributed by atoms with Crippen LogP contribution in [0.1, 0.15) is 13.3 Å². The molecule has 1 aromatic rings. The van der Waals surface area contributed by atoms with Crippen molar-refractivity contribution in [3.8, 4) is 11.5 Å². The van der Waals surface area contributed by atoms with Crippen LogP contribution >= 0.6 is 0 Å². The minimum absolute atomic E-state index is 0.0169. The van der Waals surface area contributed by atoms with E-state index in [2.05, 4.69) is 11.8 Å². The maximum absolute atomic E-state index is 13.9. The van der Waals surface area contributed by atoms with Gasteiger partial charge in [0, 0.05) is 18.9 Å². The Morgan fingerprint density at radius 3 is 2.76 bits per heavy atom. The van der Waals surface area contributed by atoms with Crippen LogP contribution in [0.4, 0.5) is 4.39 Å². The first-order valence-corrected chi connectivity index (χ1v) is 8.72. The number of halogens is 1. The highest BCUT2D eigenvalue weighted by Gasteiger charge is 2.27. The standard InChI is InChI=1S/C14H20FNO4S/c1-4-5-16(2)8-10-9-19-14-12(15)6-11(21(3,17)18)7-13(14)20-10/h6-7,10H,4-5,8-9H2,1-3H3. The Morgan fingerprint density at radius 2 is 2.14 bits per heavy atom. The summed E-state index contributed by atoms with van der Waals surface area (Å²) in [6, 6.07) is 2.28. The predicted octanol–water partition coefficient (Wildman–Crippen LogP) is 1.71. The Balaban J connectivity index is 2.21. The molecule has 0 spiro atoms. The topological polar surface area (TPSA) is 55.8 Å². The molecule has 1 aromatic carbocycles. The molecule has 0 N–H and O–H groups in total. The van der Waals surface area contributed by atoms with Gasteiger partial charge in [-0.1, -0.05) is 6.92 Å². The maximum atomic E-state index is 13.9. The molecule has 1 heterocycles. The number of rotatable bonds is 5. The van der Waals surface area contributed by atoms with E-state index in [9.17, 15) is 12.8 Å². The minimum Gasteiger partial charge on any atom is -0.483 e. The van der Waals surface area contributed by atoms with E-state index >= 15 is 0 Å². The Labute approximate surface area is 124 Å². The van der Waals surface area contributed by atoms with Gasteiger partial charge in [-0.2, -0.15) is 0 Å². The molecule has 0 aliphatic carbocycles. The van der Waals surface area contributed by atoms with Gasteiger partial charge in [0.2, 0.25) is 0 Å². The summed E-state index contributed by atoms with van der Waals surface area (Å²) in [5, 5.41) is 0. The second-order valence-electron chi connectivity index (χ2n) is 5.32. The average Bonchev–Trinajstić information content (AvgIpc) is 2.37. The summed E-state index contributed by atoms with van der Waals surface area (Å²) in [5.74, 6) is -0.582. The summed E-state index contributed by atoms with van der Waals surface area (Å²) < 4.78 is 48.1. The molecule has 21 heavy (non-hydrogen) atoms. The fourth-order valence-electron chi connectivity index (χ4n) is 2.29. The zero-order valence-electron chi connectivity index (χ0n) is 12.4. The Bertz CT molecular complexity index is 618. The van der Waals surface area contributed by atoms with Crippen LogP contribution in [-0.4, -0.2) is 52.4 Å². The van der Waals surface area contributed by atoms with Gasteiger partial charge in [0.15, 0.2) is 27.2 Å². The van der Waals surface area contributed by atoms with Gasteiger partial charge in [-0.15, -0.1) is 0 Å². The lowest BCUT2D eigenvalue weighted by atomic mass is 10.2. The fraction of sp³-hybridized carbons (Fsp3) is 0.571. The highest BCUT2D eigenvalue weighted by Crippen LogP contribution is 2.36. The molecule has 0 radical (unpaired) electrons. The van der Waals surface area contributed by atoms with E-state index in [1.54, 1.807) is 0 Å². The third-order valence-electron chi connectivity index (χ3n) is 3.24. The number of ether oxygens (including phenoxy) is 2. The quantitative estimate of drug-likeness (QED) is 0.827. The molecule has 2 rings (SSSR count). The molecular formula is C14H20FNO4S. The lowest BCUT2D eigenvalue weighted by Crippen LogP contribution is -2.39. The number of nitrogens with zero attached hydrogens (tertiary/aromatic N) is 1. The van der Waals surface area contributed by atoms with Gasteiger partial charge < -0.3 is 14.4 Å². The van der Waals surface area contributed by atoms with Crippen LogP contribution in [0.25, 0.3) is 0 Å². The van der Waals surface area contributed by atoms with E-state index in [4.69, 9.17) is 9.47 Å². The van der Waals surface area contributed by atoms with E-state index in [-0.39, 0.29) is 29.1 Å². The number of hydrogen-bond donors (Lipinski definition) is 0. The average molecular weight is 317 g/mol. The molecule has 1 aliphatic rings. The zero-order valence-corrected chi connectivity index (χ0v) is 13.2. The van der Waals surface area contributed by atoms with Crippen molar-refractivity contribution in [1.29, 1.82) is 0 Å². The van der Waals surface area contributed by atoms with Gasteiger partial charge in [0.25, 0.3) is 0 Å². The molecule has 1 unspecified atom stereocenters. The summed E-state index contributed by atoms with van der Waals surface area (Å²) >= 11 is 0. The van der Waals surface area contributed by atoms with Crippen LogP contribution in [0, 0.1) is 5.82 Å². The molecule has 7 heteroatoms. The molecule has 0 saturated heterocycles. The Morgan fingerprint density at radius 1 is 1.43 bits per heavy atom. The SMILES string of the molecule is CCCN(C)CC1COc2c(F)cc(S(C)(=O)=O)cc2O1. The van der Waals surface area contributed by atoms with Crippen LogP contribution in [-0.2, 0) is 9.84 Å². The number of benzene rings is 1. The van der Waals surface area contributed by atoms with Crippen molar-refractivity contribution < 1.29 is 22.3 Å². The largest absolute Gasteiger partial charge is 0.483 e. The second-order valence-corrected chi connectivity index (χ2v) is 7.33. The molecule has 118 valence electrons. The lowest BCUT2D eigenvalue weighted by Gasteiger charge is -2.30. The minimum atomic E-state index is -3.49. The molecule has 0 aromatic heterocycles. The lowest BCUT2D eigenvalue weighted by molar-refractivity contribution is 0.0618. The van der Waals surface area contributed by atoms with E-state index in [0.29, 0.717) is 6.54 Å². The van der Waals surface area contributed by atoms with E-state index < -0.39 is 15.7 Å². The Kier molecular flexibility index (Phi) is 4.73. The van der Waals surface area contributed by atoms with Gasteiger partial charge in [-0.3, -0.25) is 0 Å². The van der Waals surface area contributed by atoms with Crippen LogP contribution in [0.3, 0.4) is 0 Å². The first kappa shape index (κ1) is 16.0. The molecular weight excluding hydrogens is 297 g/mol. The maximum Gasteiger partial charge on any atom is 0.197 e. The molecule has 0 bridgehead atoms. The van der Waals surface area contributed by atoms with Crippen LogP contribution < -0.4 is 9.47 Å². The van der Waals surface area contributed by atoms with Crippen molar-refractivity contribution in [2.75, 3.05) is 33.0 Å². The van der Waals surface area contributed by atoms with Gasteiger partial charge in [0.05, 0.1) is 4.90 Å². The first-order valence-electron chi connectivity index (χ1n) is 6.83. The summed E-state index contributed by atoms with van der Waals surface area (Å²) in [4.78, 5) is 1.99. The monoisotopic (exact) mass is 317 g/mol. The van der Waals surface area contributed by atoms with Crippen molar-refractivity contribution in [3.63, 3.8) is 0 Å². The second kappa shape index (κ2) is 6.19. The smallest absolute Gasteiger partial charge is 0.197 e. The van der Waals surface area contributed by atoms with Crippen molar-refractivity contribution in [2.45, 2.75) is 24.3 Å². The number of hydrogen-bond acceptors (Lipinski definition) is 5. The highest BCUT2D eigenvalue weighted by molar-refractivity contribution is 7.90. The van der Waals surface area contributed by atoms with Gasteiger partial charge in [-0.25, -0.2) is 12.8 Å². The van der Waals surface area contributed by atoms with Crippen LogP contribution in [0.5, 0.6) is 11.5 Å². The zero-order chi connectivity index (χ0) is 15.6. The molecule has 1 atom stereocenters. The fourth-order valence-corrected chi connectivity index (χ4v) is 2.93. The molecule has 5 nitrogen and oxygen atoms in total. The number of sulfone groups is 1. The van der Waals surface area contributed by atoms with E-state index in [1.165, 1.54) is 6.07 Å². The van der Waals surface area contributed by atoms with Crippen molar-refractivity contribution >= 4 is 9.84 Å². The van der Waals surface area contributed by atoms with Crippen molar-refractivity contribution in [1.82, 2.24) is 4.90 Å². The summed E-state index contributed by atoms with van der Waals surface area (Å²) in [6.07, 6.45) is 1.81. The molecule has 0 amide bonds. The van der Waals surface area contributed by atoms with Crippen LogP contribution in [0.2, 0.25) is 0 Å². The van der Waals surface area contributed by atoms with Gasteiger partial charge >= 0.3 is 0 Å². The summed E-state index contributed by atoms with van der Waals surface area (Å²) in [5.41, 5.74) is 0. The summed E-state index contributed by atoms with van der Waals surface area (Å²) in [7, 11) is -1.53. The third kappa shape index (κ3) is 3.85. The van der Waals surface area contributed by atoms with E-state index in [0.717, 1.165) is 25.3 Å². The molecule has 0 saturated carbocycles. The van der Waals surface area contributed by atoms with Gasteiger partial charge in [0.1, 0.15) is 12.7 Å². The molecule has 1 aliphatic heterocycles. The number of likely N-dealkylation sites (N-methyl/N-ethyl adjacent to an activating group) is 1. The van der Waals surface area contributed by atoms with Gasteiger partial charge in [-0.05, 0) is 26.1 Å². The summed E-state index contributed by atoms with van der Waals surface area (Å²) in [6.45, 7) is 3.89. The predicted molar refractivity (Wildman–Crippen MR) is 77.2 cm³/mol. The third-order valence-corrected chi connectivity index (χ3v) is 4.33.